The Balaban J connectivity index is 1.86. The maximum absolute atomic E-state index is 11.1. The molecular weight excluding hydrogens is 332 g/mol. The molecular formula is C20H20N2O2S. The molecule has 5 heteroatoms. The van der Waals surface area contributed by atoms with Crippen LogP contribution in [0.15, 0.2) is 53.9 Å². The monoisotopic (exact) mass is 352 g/mol. The lowest BCUT2D eigenvalue weighted by atomic mass is 10.1. The quantitative estimate of drug-likeness (QED) is 0.677. The molecule has 0 atom stereocenters. The summed E-state index contributed by atoms with van der Waals surface area (Å²) in [6, 6.07) is 15.3. The molecule has 0 saturated carbocycles. The van der Waals surface area contributed by atoms with Crippen LogP contribution in [0.3, 0.4) is 0 Å². The summed E-state index contributed by atoms with van der Waals surface area (Å²) in [7, 11) is 0. The average molecular weight is 352 g/mol. The minimum atomic E-state index is -0.925. The summed E-state index contributed by atoms with van der Waals surface area (Å²) in [5.41, 5.74) is 4.28. The Kier molecular flexibility index (Phi) is 5.14. The molecule has 3 rings (SSSR count). The zero-order valence-corrected chi connectivity index (χ0v) is 15.1. The first-order chi connectivity index (χ1) is 12.1. The van der Waals surface area contributed by atoms with Crippen LogP contribution in [0.25, 0.3) is 21.8 Å². The maximum atomic E-state index is 11.1. The second-order valence-corrected chi connectivity index (χ2v) is 6.50. The van der Waals surface area contributed by atoms with Crippen LogP contribution in [0.1, 0.15) is 24.2 Å². The van der Waals surface area contributed by atoms with Crippen molar-refractivity contribution in [3.8, 4) is 21.8 Å². The van der Waals surface area contributed by atoms with E-state index in [9.17, 15) is 4.79 Å². The van der Waals surface area contributed by atoms with Crippen LogP contribution in [0.5, 0.6) is 0 Å². The van der Waals surface area contributed by atoms with Gasteiger partial charge in [-0.3, -0.25) is 0 Å². The van der Waals surface area contributed by atoms with Crippen molar-refractivity contribution in [3.63, 3.8) is 0 Å². The van der Waals surface area contributed by atoms with E-state index in [4.69, 9.17) is 5.11 Å². The Hall–Kier alpha value is -2.66. The van der Waals surface area contributed by atoms with E-state index in [0.717, 1.165) is 34.9 Å². The summed E-state index contributed by atoms with van der Waals surface area (Å²) in [6.45, 7) is 6.26. The Morgan fingerprint density at radius 3 is 2.44 bits per heavy atom. The molecule has 1 aromatic heterocycles. The van der Waals surface area contributed by atoms with Gasteiger partial charge in [-0.2, -0.15) is 0 Å². The number of aromatic nitrogens is 1. The lowest BCUT2D eigenvalue weighted by molar-refractivity contribution is 0.0697. The Labute approximate surface area is 151 Å². The number of aromatic carboxylic acids is 1. The van der Waals surface area contributed by atoms with Crippen molar-refractivity contribution in [1.29, 1.82) is 0 Å². The normalized spacial score (nSPS) is 10.6. The molecule has 0 radical (unpaired) electrons. The Bertz CT molecular complexity index is 867. The Morgan fingerprint density at radius 1 is 1.08 bits per heavy atom. The summed E-state index contributed by atoms with van der Waals surface area (Å²) in [5, 5.41) is 12.0. The number of thiazole rings is 1. The lowest BCUT2D eigenvalue weighted by Crippen LogP contribution is -2.21. The van der Waals surface area contributed by atoms with E-state index in [1.165, 1.54) is 17.0 Å². The minimum Gasteiger partial charge on any atom is -0.478 e. The van der Waals surface area contributed by atoms with Crippen LogP contribution in [0, 0.1) is 0 Å². The molecule has 0 bridgehead atoms. The summed E-state index contributed by atoms with van der Waals surface area (Å²) >= 11 is 1.52. The summed E-state index contributed by atoms with van der Waals surface area (Å²) < 4.78 is 0. The number of nitrogens with zero attached hydrogens (tertiary/aromatic N) is 2. The van der Waals surface area contributed by atoms with Crippen LogP contribution in [0.4, 0.5) is 5.69 Å². The zero-order valence-electron chi connectivity index (χ0n) is 14.3. The molecule has 0 amide bonds. The average Bonchev–Trinajstić information content (AvgIpc) is 3.13. The highest BCUT2D eigenvalue weighted by Gasteiger charge is 2.10. The molecule has 128 valence electrons. The van der Waals surface area contributed by atoms with Gasteiger partial charge in [0.05, 0.1) is 11.3 Å². The lowest BCUT2D eigenvalue weighted by Gasteiger charge is -2.20. The third-order valence-corrected chi connectivity index (χ3v) is 5.04. The first-order valence-corrected chi connectivity index (χ1v) is 9.15. The smallest absolute Gasteiger partial charge is 0.335 e. The highest BCUT2D eigenvalue weighted by Crippen LogP contribution is 2.30. The number of hydrogen-bond acceptors (Lipinski definition) is 4. The number of anilines is 1. The molecule has 4 nitrogen and oxygen atoms in total. The van der Waals surface area contributed by atoms with Crippen LogP contribution >= 0.6 is 11.3 Å². The van der Waals surface area contributed by atoms with Gasteiger partial charge in [-0.1, -0.05) is 24.3 Å². The fraction of sp³-hybridized carbons (Fsp3) is 0.200. The molecule has 0 spiro atoms. The highest BCUT2D eigenvalue weighted by atomic mass is 32.1. The van der Waals surface area contributed by atoms with Crippen molar-refractivity contribution < 1.29 is 9.90 Å². The Morgan fingerprint density at radius 2 is 1.80 bits per heavy atom. The van der Waals surface area contributed by atoms with Crippen molar-refractivity contribution in [3.05, 3.63) is 59.5 Å². The van der Waals surface area contributed by atoms with E-state index in [1.807, 2.05) is 11.4 Å². The van der Waals surface area contributed by atoms with Crippen molar-refractivity contribution in [2.24, 2.45) is 0 Å². The predicted molar refractivity (Wildman–Crippen MR) is 104 cm³/mol. The van der Waals surface area contributed by atoms with Gasteiger partial charge in [0, 0.05) is 35.3 Å². The molecule has 2 aromatic carbocycles. The fourth-order valence-electron chi connectivity index (χ4n) is 2.76. The fourth-order valence-corrected chi connectivity index (χ4v) is 3.58. The second-order valence-electron chi connectivity index (χ2n) is 5.64. The summed E-state index contributed by atoms with van der Waals surface area (Å²) in [5.74, 6) is -0.925. The highest BCUT2D eigenvalue weighted by molar-refractivity contribution is 7.13. The third-order valence-electron chi connectivity index (χ3n) is 4.15. The third kappa shape index (κ3) is 3.72. The van der Waals surface area contributed by atoms with Gasteiger partial charge in [0.15, 0.2) is 0 Å². The predicted octanol–water partition coefficient (Wildman–Crippen LogP) is 5.02. The molecule has 1 N–H and O–H groups in total. The van der Waals surface area contributed by atoms with Crippen molar-refractivity contribution >= 4 is 23.0 Å². The molecule has 0 saturated heterocycles. The van der Waals surface area contributed by atoms with Crippen LogP contribution in [-0.2, 0) is 0 Å². The molecule has 0 aliphatic heterocycles. The van der Waals surface area contributed by atoms with Gasteiger partial charge < -0.3 is 10.0 Å². The van der Waals surface area contributed by atoms with E-state index in [-0.39, 0.29) is 5.56 Å². The number of carbonyl (C=O) groups is 1. The van der Waals surface area contributed by atoms with Gasteiger partial charge in [0.1, 0.15) is 5.01 Å². The van der Waals surface area contributed by atoms with E-state index < -0.39 is 5.97 Å². The van der Waals surface area contributed by atoms with Gasteiger partial charge in [-0.25, -0.2) is 9.78 Å². The zero-order chi connectivity index (χ0) is 17.8. The molecule has 25 heavy (non-hydrogen) atoms. The molecule has 0 aliphatic rings. The van der Waals surface area contributed by atoms with E-state index in [0.29, 0.717) is 0 Å². The SMILES string of the molecule is CCN(CC)c1ccc(-c2csc(-c3cccc(C(=O)O)c3)n2)cc1. The van der Waals surface area contributed by atoms with Crippen molar-refractivity contribution in [1.82, 2.24) is 4.98 Å². The van der Waals surface area contributed by atoms with Crippen LogP contribution in [0.2, 0.25) is 0 Å². The van der Waals surface area contributed by atoms with Gasteiger partial charge in [0.2, 0.25) is 0 Å². The van der Waals surface area contributed by atoms with E-state index in [1.54, 1.807) is 18.2 Å². The van der Waals surface area contributed by atoms with Crippen LogP contribution in [-0.4, -0.2) is 29.1 Å². The molecule has 0 aliphatic carbocycles. The van der Waals surface area contributed by atoms with Crippen molar-refractivity contribution in [2.75, 3.05) is 18.0 Å². The number of carboxylic acids is 1. The largest absolute Gasteiger partial charge is 0.478 e. The number of carboxylic acid groups (broad SMARTS) is 1. The second kappa shape index (κ2) is 7.49. The van der Waals surface area contributed by atoms with E-state index in [2.05, 4.69) is 48.0 Å². The standard InChI is InChI=1S/C20H20N2O2S/c1-3-22(4-2)17-10-8-14(9-11-17)18-13-25-19(21-18)15-6-5-7-16(12-15)20(23)24/h5-13H,3-4H2,1-2H3,(H,23,24). The van der Waals surface area contributed by atoms with Gasteiger partial charge in [-0.05, 0) is 38.1 Å². The van der Waals surface area contributed by atoms with Crippen molar-refractivity contribution in [2.45, 2.75) is 13.8 Å². The maximum Gasteiger partial charge on any atom is 0.335 e. The number of hydrogen-bond donors (Lipinski definition) is 1. The summed E-state index contributed by atoms with van der Waals surface area (Å²) in [4.78, 5) is 18.1. The number of rotatable bonds is 6. The topological polar surface area (TPSA) is 53.4 Å². The number of benzene rings is 2. The van der Waals surface area contributed by atoms with Gasteiger partial charge in [0.25, 0.3) is 0 Å². The van der Waals surface area contributed by atoms with Crippen LogP contribution < -0.4 is 4.90 Å². The first-order valence-electron chi connectivity index (χ1n) is 8.27. The minimum absolute atomic E-state index is 0.276. The van der Waals surface area contributed by atoms with Gasteiger partial charge >= 0.3 is 5.97 Å². The molecule has 3 aromatic rings. The van der Waals surface area contributed by atoms with E-state index >= 15 is 0 Å². The molecule has 1 heterocycles. The molecule has 0 fully saturated rings. The van der Waals surface area contributed by atoms with Gasteiger partial charge in [-0.15, -0.1) is 11.3 Å². The summed E-state index contributed by atoms with van der Waals surface area (Å²) in [6.07, 6.45) is 0. The first kappa shape index (κ1) is 17.2. The molecule has 0 unspecified atom stereocenters.